The van der Waals surface area contributed by atoms with E-state index in [9.17, 15) is 23.5 Å². The number of thiophene rings is 1. The summed E-state index contributed by atoms with van der Waals surface area (Å²) in [5.74, 6) is -2.25. The number of alkyl halides is 2. The summed E-state index contributed by atoms with van der Waals surface area (Å²) >= 11 is 0.965. The molecule has 0 saturated carbocycles. The van der Waals surface area contributed by atoms with E-state index in [1.54, 1.807) is 0 Å². The quantitative estimate of drug-likeness (QED) is 0.902. The van der Waals surface area contributed by atoms with Crippen LogP contribution in [0.5, 0.6) is 0 Å². The second kappa shape index (κ2) is 6.28. The molecule has 0 saturated heterocycles. The summed E-state index contributed by atoms with van der Waals surface area (Å²) in [6.45, 7) is -3.32. The van der Waals surface area contributed by atoms with E-state index in [-0.39, 0.29) is 35.7 Å². The molecule has 1 heterocycles. The zero-order chi connectivity index (χ0) is 15.6. The van der Waals surface area contributed by atoms with Crippen molar-refractivity contribution >= 4 is 23.1 Å². The highest BCUT2D eigenvalue weighted by Crippen LogP contribution is 2.37. The number of Topliss-reactive ketones (excluding diaryl/α,β-unsaturated/α-hetero) is 1. The van der Waals surface area contributed by atoms with Gasteiger partial charge in [0.15, 0.2) is 5.78 Å². The Labute approximate surface area is 122 Å². The molecule has 0 spiro atoms. The second-order valence-corrected chi connectivity index (χ2v) is 5.65. The number of ketones is 1. The van der Waals surface area contributed by atoms with Crippen LogP contribution in [-0.4, -0.2) is 30.1 Å². The number of aromatic carboxylic acids is 1. The molecule has 1 aromatic rings. The van der Waals surface area contributed by atoms with Crippen molar-refractivity contribution in [1.29, 1.82) is 5.26 Å². The van der Waals surface area contributed by atoms with Crippen LogP contribution in [-0.2, 0) is 17.6 Å². The summed E-state index contributed by atoms with van der Waals surface area (Å²) in [5, 5.41) is 18.0. The molecule has 112 valence electrons. The van der Waals surface area contributed by atoms with Crippen molar-refractivity contribution < 1.29 is 28.2 Å². The molecule has 0 bridgehead atoms. The molecule has 5 nitrogen and oxygen atoms in total. The maximum Gasteiger partial charge on any atom is 0.345 e. The lowest BCUT2D eigenvalue weighted by Gasteiger charge is -2.20. The minimum atomic E-state index is -2.94. The monoisotopic (exact) mass is 315 g/mol. The van der Waals surface area contributed by atoms with Crippen LogP contribution in [0.25, 0.3) is 0 Å². The first-order valence-electron chi connectivity index (χ1n) is 6.14. The number of hydrogen-bond acceptors (Lipinski definition) is 5. The lowest BCUT2D eigenvalue weighted by Crippen LogP contribution is -2.26. The van der Waals surface area contributed by atoms with E-state index >= 15 is 0 Å². The van der Waals surface area contributed by atoms with Crippen LogP contribution in [0.15, 0.2) is 0 Å². The minimum absolute atomic E-state index is 0.0122. The van der Waals surface area contributed by atoms with Crippen LogP contribution in [0.4, 0.5) is 8.78 Å². The molecule has 0 radical (unpaired) electrons. The Balaban J connectivity index is 2.32. The van der Waals surface area contributed by atoms with Gasteiger partial charge in [-0.15, -0.1) is 11.3 Å². The number of ether oxygens (including phenoxy) is 1. The number of carboxylic acid groups (broad SMARTS) is 1. The van der Waals surface area contributed by atoms with Crippen molar-refractivity contribution in [3.05, 3.63) is 20.9 Å². The average Bonchev–Trinajstić information content (AvgIpc) is 2.77. The Bertz CT molecular complexity index is 620. The van der Waals surface area contributed by atoms with Crippen LogP contribution in [0.3, 0.4) is 0 Å². The summed E-state index contributed by atoms with van der Waals surface area (Å²) in [6.07, 6.45) is 0.480. The molecule has 0 amide bonds. The van der Waals surface area contributed by atoms with E-state index in [1.165, 1.54) is 0 Å². The van der Waals surface area contributed by atoms with E-state index in [2.05, 4.69) is 4.74 Å². The minimum Gasteiger partial charge on any atom is -0.478 e. The van der Waals surface area contributed by atoms with Crippen LogP contribution >= 0.6 is 11.3 Å². The Kier molecular flexibility index (Phi) is 4.65. The molecule has 8 heteroatoms. The van der Waals surface area contributed by atoms with Gasteiger partial charge in [0.25, 0.3) is 0 Å². The van der Waals surface area contributed by atoms with Gasteiger partial charge in [-0.2, -0.15) is 14.0 Å². The van der Waals surface area contributed by atoms with Gasteiger partial charge in [-0.25, -0.2) is 4.79 Å². The highest BCUT2D eigenvalue weighted by atomic mass is 32.1. The molecule has 1 N–H and O–H groups in total. The Hall–Kier alpha value is -1.85. The molecular formula is C13H11F2NO4S. The third-order valence-corrected chi connectivity index (χ3v) is 4.54. The van der Waals surface area contributed by atoms with Crippen LogP contribution in [0.2, 0.25) is 0 Å². The molecule has 1 aliphatic rings. The molecule has 1 aromatic heterocycles. The topological polar surface area (TPSA) is 87.4 Å². The largest absolute Gasteiger partial charge is 0.478 e. The number of carboxylic acids is 1. The lowest BCUT2D eigenvalue weighted by molar-refractivity contribution is -0.135. The Morgan fingerprint density at radius 2 is 2.29 bits per heavy atom. The first-order valence-corrected chi connectivity index (χ1v) is 6.96. The predicted octanol–water partition coefficient (Wildman–Crippen LogP) is 2.50. The van der Waals surface area contributed by atoms with Gasteiger partial charge in [-0.05, 0) is 18.4 Å². The van der Waals surface area contributed by atoms with Crippen molar-refractivity contribution in [3.8, 4) is 6.07 Å². The van der Waals surface area contributed by atoms with Crippen molar-refractivity contribution in [2.75, 3.05) is 6.61 Å². The molecule has 0 aromatic carbocycles. The normalized spacial score (nSPS) is 17.6. The third kappa shape index (κ3) is 3.09. The number of rotatable bonds is 5. The predicted molar refractivity (Wildman–Crippen MR) is 68.7 cm³/mol. The molecule has 1 aliphatic carbocycles. The van der Waals surface area contributed by atoms with Gasteiger partial charge in [-0.3, -0.25) is 4.79 Å². The van der Waals surface area contributed by atoms with Gasteiger partial charge in [0, 0.05) is 10.8 Å². The van der Waals surface area contributed by atoms with E-state index in [0.29, 0.717) is 16.9 Å². The van der Waals surface area contributed by atoms with Crippen LogP contribution < -0.4 is 0 Å². The van der Waals surface area contributed by atoms with Crippen molar-refractivity contribution in [3.63, 3.8) is 0 Å². The molecule has 0 fully saturated rings. The van der Waals surface area contributed by atoms with E-state index in [0.717, 1.165) is 11.3 Å². The second-order valence-electron chi connectivity index (χ2n) is 4.54. The SMILES string of the molecule is N#CCc1sc2c(c1C(=O)O)CCC(COC(F)F)C2=O. The number of carbonyl (C=O) groups excluding carboxylic acids is 1. The summed E-state index contributed by atoms with van der Waals surface area (Å²) in [5.41, 5.74) is 0.425. The molecule has 1 unspecified atom stereocenters. The molecule has 2 rings (SSSR count). The van der Waals surface area contributed by atoms with Crippen molar-refractivity contribution in [2.24, 2.45) is 5.92 Å². The summed E-state index contributed by atoms with van der Waals surface area (Å²) < 4.78 is 28.3. The summed E-state index contributed by atoms with van der Waals surface area (Å²) in [4.78, 5) is 24.1. The van der Waals surface area contributed by atoms with Gasteiger partial charge in [-0.1, -0.05) is 0 Å². The standard InChI is InChI=1S/C13H11F2NO4S/c14-13(15)20-5-6-1-2-7-9(12(18)19)8(3-4-16)21-11(7)10(6)17/h6,13H,1-3,5H2,(H,18,19). The van der Waals surface area contributed by atoms with E-state index in [1.807, 2.05) is 6.07 Å². The van der Waals surface area contributed by atoms with Crippen molar-refractivity contribution in [2.45, 2.75) is 25.9 Å². The Morgan fingerprint density at radius 1 is 1.57 bits per heavy atom. The summed E-state index contributed by atoms with van der Waals surface area (Å²) in [6, 6.07) is 1.87. The number of nitriles is 1. The van der Waals surface area contributed by atoms with Gasteiger partial charge >= 0.3 is 12.6 Å². The highest BCUT2D eigenvalue weighted by molar-refractivity contribution is 7.14. The van der Waals surface area contributed by atoms with Crippen LogP contribution in [0.1, 0.15) is 36.9 Å². The molecule has 0 aliphatic heterocycles. The zero-order valence-electron chi connectivity index (χ0n) is 10.8. The van der Waals surface area contributed by atoms with E-state index in [4.69, 9.17) is 5.26 Å². The fourth-order valence-corrected chi connectivity index (χ4v) is 3.67. The van der Waals surface area contributed by atoms with Crippen molar-refractivity contribution in [1.82, 2.24) is 0 Å². The molecular weight excluding hydrogens is 304 g/mol. The van der Waals surface area contributed by atoms with Gasteiger partial charge < -0.3 is 9.84 Å². The number of fused-ring (bicyclic) bond motifs is 1. The fourth-order valence-electron chi connectivity index (χ4n) is 2.38. The van der Waals surface area contributed by atoms with Gasteiger partial charge in [0.2, 0.25) is 0 Å². The Morgan fingerprint density at radius 3 is 2.86 bits per heavy atom. The first-order chi connectivity index (χ1) is 9.95. The number of carbonyl (C=O) groups is 2. The van der Waals surface area contributed by atoms with Gasteiger partial charge in [0.05, 0.1) is 29.5 Å². The third-order valence-electron chi connectivity index (χ3n) is 3.29. The molecule has 1 atom stereocenters. The average molecular weight is 315 g/mol. The maximum absolute atomic E-state index is 12.2. The first kappa shape index (κ1) is 15.5. The zero-order valence-corrected chi connectivity index (χ0v) is 11.6. The van der Waals surface area contributed by atoms with Crippen LogP contribution in [0, 0.1) is 17.2 Å². The summed E-state index contributed by atoms with van der Waals surface area (Å²) in [7, 11) is 0. The number of hydrogen-bond donors (Lipinski definition) is 1. The maximum atomic E-state index is 12.2. The highest BCUT2D eigenvalue weighted by Gasteiger charge is 2.34. The molecule has 21 heavy (non-hydrogen) atoms. The smallest absolute Gasteiger partial charge is 0.345 e. The number of halogens is 2. The van der Waals surface area contributed by atoms with E-state index < -0.39 is 18.5 Å². The number of nitrogens with zero attached hydrogens (tertiary/aromatic N) is 1. The fraction of sp³-hybridized carbons (Fsp3) is 0.462. The lowest BCUT2D eigenvalue weighted by atomic mass is 9.86. The van der Waals surface area contributed by atoms with Gasteiger partial charge in [0.1, 0.15) is 0 Å².